The van der Waals surface area contributed by atoms with E-state index < -0.39 is 0 Å². The Balaban J connectivity index is 2.79. The van der Waals surface area contributed by atoms with Gasteiger partial charge in [-0.25, -0.2) is 4.68 Å². The normalized spacial score (nSPS) is 10.9. The van der Waals surface area contributed by atoms with Crippen LogP contribution in [0.15, 0.2) is 27.5 Å². The number of aromatic nitrogens is 2. The molecule has 0 saturated carbocycles. The zero-order chi connectivity index (χ0) is 13.4. The van der Waals surface area contributed by atoms with Gasteiger partial charge in [0.15, 0.2) is 0 Å². The van der Waals surface area contributed by atoms with Crippen LogP contribution in [0.5, 0.6) is 0 Å². The van der Waals surface area contributed by atoms with Gasteiger partial charge in [-0.1, -0.05) is 15.9 Å². The molecule has 4 nitrogen and oxygen atoms in total. The molecule has 18 heavy (non-hydrogen) atoms. The molecule has 0 unspecified atom stereocenters. The van der Waals surface area contributed by atoms with Crippen molar-refractivity contribution in [2.45, 2.75) is 27.3 Å². The van der Waals surface area contributed by atoms with E-state index in [0.29, 0.717) is 12.2 Å². The third kappa shape index (κ3) is 1.88. The fourth-order valence-electron chi connectivity index (χ4n) is 2.14. The van der Waals surface area contributed by atoms with Crippen molar-refractivity contribution >= 4 is 21.6 Å². The molecule has 5 heteroatoms. The number of nitrogen functional groups attached to an aromatic ring is 1. The van der Waals surface area contributed by atoms with Crippen molar-refractivity contribution in [1.82, 2.24) is 9.36 Å². The number of hydrogen-bond donors (Lipinski definition) is 1. The minimum Gasteiger partial charge on any atom is -0.393 e. The third-order valence-corrected chi connectivity index (χ3v) is 3.62. The van der Waals surface area contributed by atoms with E-state index in [1.54, 1.807) is 4.68 Å². The Bertz CT molecular complexity index is 655. The third-order valence-electron chi connectivity index (χ3n) is 3.13. The van der Waals surface area contributed by atoms with Crippen LogP contribution in [0.1, 0.15) is 18.2 Å². The Morgan fingerprint density at radius 2 is 2.00 bits per heavy atom. The van der Waals surface area contributed by atoms with Gasteiger partial charge in [-0.3, -0.25) is 9.48 Å². The molecule has 2 rings (SSSR count). The molecule has 0 radical (unpaired) electrons. The summed E-state index contributed by atoms with van der Waals surface area (Å²) in [5.41, 5.74) is 8.70. The first-order valence-electron chi connectivity index (χ1n) is 5.81. The highest BCUT2D eigenvalue weighted by Gasteiger charge is 2.15. The molecule has 0 saturated heterocycles. The van der Waals surface area contributed by atoms with Gasteiger partial charge < -0.3 is 5.73 Å². The Morgan fingerprint density at radius 1 is 1.33 bits per heavy atom. The maximum Gasteiger partial charge on any atom is 0.294 e. The first-order valence-corrected chi connectivity index (χ1v) is 6.61. The van der Waals surface area contributed by atoms with Crippen molar-refractivity contribution in [3.63, 3.8) is 0 Å². The van der Waals surface area contributed by atoms with Crippen LogP contribution in [-0.4, -0.2) is 9.36 Å². The molecule has 1 aromatic heterocycles. The average molecular weight is 310 g/mol. The van der Waals surface area contributed by atoms with Crippen molar-refractivity contribution in [3.05, 3.63) is 44.3 Å². The second-order valence-corrected chi connectivity index (χ2v) is 5.18. The standard InChI is InChI=1S/C13H16BrN3O/c1-4-16-9(3)12(15)13(18)17(16)11-6-5-10(14)7-8(11)2/h5-7H,4,15H2,1-3H3. The predicted octanol–water partition coefficient (Wildman–Crippen LogP) is 2.62. The average Bonchev–Trinajstić information content (AvgIpc) is 2.54. The zero-order valence-electron chi connectivity index (χ0n) is 10.7. The van der Waals surface area contributed by atoms with Crippen LogP contribution in [-0.2, 0) is 6.54 Å². The second-order valence-electron chi connectivity index (χ2n) is 4.26. The number of nitrogens with two attached hydrogens (primary N) is 1. The van der Waals surface area contributed by atoms with Gasteiger partial charge in [-0.2, -0.15) is 0 Å². The number of hydrogen-bond acceptors (Lipinski definition) is 2. The summed E-state index contributed by atoms with van der Waals surface area (Å²) in [5, 5.41) is 0. The van der Waals surface area contributed by atoms with Gasteiger partial charge in [0.1, 0.15) is 5.69 Å². The van der Waals surface area contributed by atoms with E-state index in [0.717, 1.165) is 21.4 Å². The van der Waals surface area contributed by atoms with Crippen molar-refractivity contribution in [1.29, 1.82) is 0 Å². The van der Waals surface area contributed by atoms with Crippen LogP contribution in [0.4, 0.5) is 5.69 Å². The molecule has 0 amide bonds. The summed E-state index contributed by atoms with van der Waals surface area (Å²) in [7, 11) is 0. The summed E-state index contributed by atoms with van der Waals surface area (Å²) >= 11 is 3.42. The van der Waals surface area contributed by atoms with Crippen molar-refractivity contribution in [2.24, 2.45) is 0 Å². The van der Waals surface area contributed by atoms with Gasteiger partial charge in [0.05, 0.1) is 11.4 Å². The fraction of sp³-hybridized carbons (Fsp3) is 0.308. The van der Waals surface area contributed by atoms with Crippen LogP contribution in [0.3, 0.4) is 0 Å². The first kappa shape index (κ1) is 13.0. The quantitative estimate of drug-likeness (QED) is 0.927. The molecular weight excluding hydrogens is 294 g/mol. The highest BCUT2D eigenvalue weighted by Crippen LogP contribution is 2.20. The minimum absolute atomic E-state index is 0.153. The second kappa shape index (κ2) is 4.65. The van der Waals surface area contributed by atoms with E-state index in [1.165, 1.54) is 0 Å². The Hall–Kier alpha value is -1.49. The van der Waals surface area contributed by atoms with E-state index in [4.69, 9.17) is 5.73 Å². The molecule has 2 N–H and O–H groups in total. The van der Waals surface area contributed by atoms with Crippen molar-refractivity contribution in [2.75, 3.05) is 5.73 Å². The van der Waals surface area contributed by atoms with Crippen LogP contribution in [0.2, 0.25) is 0 Å². The molecule has 0 aliphatic heterocycles. The molecule has 1 aromatic carbocycles. The lowest BCUT2D eigenvalue weighted by Gasteiger charge is -2.13. The summed E-state index contributed by atoms with van der Waals surface area (Å²) < 4.78 is 4.54. The van der Waals surface area contributed by atoms with Gasteiger partial charge in [0, 0.05) is 11.0 Å². The molecule has 0 aliphatic carbocycles. The summed E-state index contributed by atoms with van der Waals surface area (Å²) in [5.74, 6) is 0. The van der Waals surface area contributed by atoms with Gasteiger partial charge in [0.25, 0.3) is 5.56 Å². The molecule has 96 valence electrons. The molecule has 0 bridgehead atoms. The first-order chi connectivity index (χ1) is 8.47. The number of benzene rings is 1. The lowest BCUT2D eigenvalue weighted by molar-refractivity contribution is 0.558. The number of rotatable bonds is 2. The van der Waals surface area contributed by atoms with Crippen LogP contribution in [0, 0.1) is 13.8 Å². The lowest BCUT2D eigenvalue weighted by atomic mass is 10.2. The largest absolute Gasteiger partial charge is 0.393 e. The maximum atomic E-state index is 12.2. The number of halogens is 1. The number of aryl methyl sites for hydroxylation is 1. The molecule has 1 heterocycles. The summed E-state index contributed by atoms with van der Waals surface area (Å²) in [6.07, 6.45) is 0. The molecule has 2 aromatic rings. The summed E-state index contributed by atoms with van der Waals surface area (Å²) in [4.78, 5) is 12.2. The summed E-state index contributed by atoms with van der Waals surface area (Å²) in [6.45, 7) is 6.54. The molecular formula is C13H16BrN3O. The van der Waals surface area contributed by atoms with E-state index in [-0.39, 0.29) is 5.56 Å². The van der Waals surface area contributed by atoms with E-state index >= 15 is 0 Å². The number of anilines is 1. The number of nitrogens with zero attached hydrogens (tertiary/aromatic N) is 2. The van der Waals surface area contributed by atoms with Crippen LogP contribution >= 0.6 is 15.9 Å². The predicted molar refractivity (Wildman–Crippen MR) is 77.3 cm³/mol. The van der Waals surface area contributed by atoms with Gasteiger partial charge in [-0.15, -0.1) is 0 Å². The smallest absolute Gasteiger partial charge is 0.294 e. The molecule has 0 aliphatic rings. The van der Waals surface area contributed by atoms with E-state index in [9.17, 15) is 4.79 Å². The molecule has 0 spiro atoms. The molecule has 0 atom stereocenters. The van der Waals surface area contributed by atoms with E-state index in [2.05, 4.69) is 15.9 Å². The summed E-state index contributed by atoms with van der Waals surface area (Å²) in [6, 6.07) is 5.83. The van der Waals surface area contributed by atoms with Gasteiger partial charge in [0.2, 0.25) is 0 Å². The van der Waals surface area contributed by atoms with Crippen LogP contribution < -0.4 is 11.3 Å². The minimum atomic E-state index is -0.153. The highest BCUT2D eigenvalue weighted by atomic mass is 79.9. The van der Waals surface area contributed by atoms with E-state index in [1.807, 2.05) is 43.7 Å². The van der Waals surface area contributed by atoms with Crippen LogP contribution in [0.25, 0.3) is 5.69 Å². The Morgan fingerprint density at radius 3 is 2.56 bits per heavy atom. The Labute approximate surface area is 114 Å². The Kier molecular flexibility index (Phi) is 3.34. The zero-order valence-corrected chi connectivity index (χ0v) is 12.3. The SMILES string of the molecule is CCn1c(C)c(N)c(=O)n1-c1ccc(Br)cc1C. The fourth-order valence-corrected chi connectivity index (χ4v) is 2.62. The maximum absolute atomic E-state index is 12.2. The topological polar surface area (TPSA) is 52.9 Å². The molecule has 0 fully saturated rings. The van der Waals surface area contributed by atoms with Crippen molar-refractivity contribution in [3.8, 4) is 5.69 Å². The van der Waals surface area contributed by atoms with Crippen molar-refractivity contribution < 1.29 is 0 Å². The van der Waals surface area contributed by atoms with Gasteiger partial charge >= 0.3 is 0 Å². The van der Waals surface area contributed by atoms with Gasteiger partial charge in [-0.05, 0) is 44.5 Å². The highest BCUT2D eigenvalue weighted by molar-refractivity contribution is 9.10. The lowest BCUT2D eigenvalue weighted by Crippen LogP contribution is -2.22. The monoisotopic (exact) mass is 309 g/mol.